The molecule has 2 amide bonds. The van der Waals surface area contributed by atoms with Crippen LogP contribution in [0.15, 0.2) is 58.5 Å². The van der Waals surface area contributed by atoms with Crippen molar-refractivity contribution in [2.75, 3.05) is 32.8 Å². The van der Waals surface area contributed by atoms with Crippen LogP contribution >= 0.6 is 11.3 Å². The summed E-state index contributed by atoms with van der Waals surface area (Å²) in [5, 5.41) is 9.52. The highest BCUT2D eigenvalue weighted by molar-refractivity contribution is 7.13. The van der Waals surface area contributed by atoms with Crippen molar-refractivity contribution in [3.63, 3.8) is 0 Å². The van der Waals surface area contributed by atoms with Crippen molar-refractivity contribution in [1.29, 1.82) is 0 Å². The van der Waals surface area contributed by atoms with Crippen LogP contribution in [-0.4, -0.2) is 77.1 Å². The van der Waals surface area contributed by atoms with Crippen molar-refractivity contribution in [3.8, 4) is 10.6 Å². The third-order valence-electron chi connectivity index (χ3n) is 5.49. The number of aromatic nitrogens is 1. The van der Waals surface area contributed by atoms with Crippen LogP contribution in [0.5, 0.6) is 0 Å². The van der Waals surface area contributed by atoms with E-state index in [9.17, 15) is 9.59 Å². The van der Waals surface area contributed by atoms with Crippen LogP contribution in [0.4, 0.5) is 0 Å². The molecule has 5 rings (SSSR count). The molecule has 2 aliphatic rings. The lowest BCUT2D eigenvalue weighted by Gasteiger charge is -2.30. The highest BCUT2D eigenvalue weighted by atomic mass is 32.1. The fraction of sp³-hybridized carbons (Fsp3) is 0.304. The third kappa shape index (κ3) is 5.12. The normalized spacial score (nSPS) is 19.8. The van der Waals surface area contributed by atoms with Crippen LogP contribution in [-0.2, 0) is 9.53 Å². The summed E-state index contributed by atoms with van der Waals surface area (Å²) in [5.41, 5.74) is 1.44. The lowest BCUT2D eigenvalue weighted by atomic mass is 10.1. The van der Waals surface area contributed by atoms with E-state index < -0.39 is 0 Å². The molecule has 2 atom stereocenters. The standard InChI is InChI=1S/C22H21N3O4S.CH2O2/c26-21(18-14-30-20(23-18)16-5-2-1-3-6-16)25-10-15-9-24(11-17(25)13-28-12-15)22(27)19-7-4-8-29-19;2-1-3/h1-8,14-15,17H,9-13H2;1H,(H,2,3)/t15-,17-;/m0./s1. The first kappa shape index (κ1) is 22.7. The Kier molecular flexibility index (Phi) is 7.16. The number of rotatable bonds is 3. The number of furan rings is 1. The Morgan fingerprint density at radius 1 is 1.06 bits per heavy atom. The Morgan fingerprint density at radius 2 is 1.85 bits per heavy atom. The highest BCUT2D eigenvalue weighted by Gasteiger charge is 2.38. The van der Waals surface area contributed by atoms with Crippen LogP contribution in [0, 0.1) is 5.92 Å². The molecule has 0 radical (unpaired) electrons. The van der Waals surface area contributed by atoms with Gasteiger partial charge in [0.2, 0.25) is 0 Å². The number of carboxylic acid groups (broad SMARTS) is 1. The maximum absolute atomic E-state index is 13.3. The number of nitrogens with zero attached hydrogens (tertiary/aromatic N) is 3. The quantitative estimate of drug-likeness (QED) is 0.587. The number of benzene rings is 1. The van der Waals surface area contributed by atoms with Gasteiger partial charge >= 0.3 is 0 Å². The van der Waals surface area contributed by atoms with Gasteiger partial charge in [-0.15, -0.1) is 11.3 Å². The summed E-state index contributed by atoms with van der Waals surface area (Å²) in [6.07, 6.45) is 1.50. The van der Waals surface area contributed by atoms with Crippen LogP contribution in [0.3, 0.4) is 0 Å². The van der Waals surface area contributed by atoms with Gasteiger partial charge < -0.3 is 24.1 Å². The first-order valence-electron chi connectivity index (χ1n) is 10.4. The maximum atomic E-state index is 13.3. The van der Waals surface area contributed by atoms with Crippen molar-refractivity contribution < 1.29 is 28.6 Å². The summed E-state index contributed by atoms with van der Waals surface area (Å²) >= 11 is 1.46. The van der Waals surface area contributed by atoms with Gasteiger partial charge in [-0.2, -0.15) is 0 Å². The molecular formula is C23H23N3O6S. The number of carbonyl (C=O) groups is 3. The molecule has 2 aromatic heterocycles. The Hall–Kier alpha value is -3.50. The predicted octanol–water partition coefficient (Wildman–Crippen LogP) is 2.72. The minimum Gasteiger partial charge on any atom is -0.483 e. The Bertz CT molecular complexity index is 1080. The molecule has 0 saturated carbocycles. The topological polar surface area (TPSA) is 113 Å². The van der Waals surface area contributed by atoms with Crippen LogP contribution in [0.1, 0.15) is 21.0 Å². The second kappa shape index (κ2) is 10.4. The van der Waals surface area contributed by atoms with E-state index in [2.05, 4.69) is 4.98 Å². The summed E-state index contributed by atoms with van der Waals surface area (Å²) in [6, 6.07) is 13.0. The summed E-state index contributed by atoms with van der Waals surface area (Å²) in [4.78, 5) is 42.7. The lowest BCUT2D eigenvalue weighted by molar-refractivity contribution is -0.122. The van der Waals surface area contributed by atoms with E-state index in [1.807, 2.05) is 40.6 Å². The maximum Gasteiger partial charge on any atom is 0.290 e. The van der Waals surface area contributed by atoms with Crippen LogP contribution in [0.2, 0.25) is 0 Å². The number of thiazole rings is 1. The largest absolute Gasteiger partial charge is 0.483 e. The van der Waals surface area contributed by atoms with Crippen molar-refractivity contribution in [3.05, 3.63) is 65.6 Å². The molecule has 10 heteroatoms. The predicted molar refractivity (Wildman–Crippen MR) is 120 cm³/mol. The number of hydrogen-bond acceptors (Lipinski definition) is 7. The molecular weight excluding hydrogens is 446 g/mol. The van der Waals surface area contributed by atoms with E-state index in [0.717, 1.165) is 10.6 Å². The molecule has 3 aromatic rings. The molecule has 0 spiro atoms. The number of fused-ring (bicyclic) bond motifs is 3. The monoisotopic (exact) mass is 469 g/mol. The molecule has 4 heterocycles. The second-order valence-corrected chi connectivity index (χ2v) is 8.57. The zero-order valence-electron chi connectivity index (χ0n) is 17.7. The molecule has 1 aromatic carbocycles. The van der Waals surface area contributed by atoms with Gasteiger partial charge in [0.05, 0.1) is 25.5 Å². The third-order valence-corrected chi connectivity index (χ3v) is 6.38. The zero-order valence-corrected chi connectivity index (χ0v) is 18.5. The van der Waals surface area contributed by atoms with Crippen LogP contribution < -0.4 is 0 Å². The first-order valence-corrected chi connectivity index (χ1v) is 11.3. The van der Waals surface area contributed by atoms with E-state index >= 15 is 0 Å². The SMILES string of the molecule is O=C(c1ccco1)N1C[C@@H]2COC[C@H](C1)N(C(=O)c1csc(-c3ccccc3)n1)C2.O=CO. The summed E-state index contributed by atoms with van der Waals surface area (Å²) in [5.74, 6) is 0.112. The molecule has 9 nitrogen and oxygen atoms in total. The molecule has 0 unspecified atom stereocenters. The Labute approximate surface area is 194 Å². The van der Waals surface area contributed by atoms with Gasteiger partial charge in [0.15, 0.2) is 5.76 Å². The fourth-order valence-corrected chi connectivity index (χ4v) is 4.85. The second-order valence-electron chi connectivity index (χ2n) is 7.71. The zero-order chi connectivity index (χ0) is 23.2. The lowest BCUT2D eigenvalue weighted by Crippen LogP contribution is -2.47. The van der Waals surface area contributed by atoms with Crippen molar-refractivity contribution in [2.45, 2.75) is 6.04 Å². The van der Waals surface area contributed by atoms with E-state index in [-0.39, 0.29) is 30.2 Å². The Morgan fingerprint density at radius 3 is 2.58 bits per heavy atom. The summed E-state index contributed by atoms with van der Waals surface area (Å²) in [6.45, 7) is 2.17. The van der Waals surface area contributed by atoms with Crippen molar-refractivity contribution in [1.82, 2.24) is 14.8 Å². The number of ether oxygens (including phenoxy) is 1. The van der Waals surface area contributed by atoms with E-state index in [4.69, 9.17) is 19.1 Å². The minimum atomic E-state index is -0.250. The van der Waals surface area contributed by atoms with Gasteiger partial charge in [-0.05, 0) is 12.1 Å². The van der Waals surface area contributed by atoms with Gasteiger partial charge in [0.25, 0.3) is 18.3 Å². The summed E-state index contributed by atoms with van der Waals surface area (Å²) < 4.78 is 11.1. The molecule has 2 aliphatic heterocycles. The smallest absolute Gasteiger partial charge is 0.290 e. The van der Waals surface area contributed by atoms with Crippen molar-refractivity contribution >= 4 is 29.6 Å². The van der Waals surface area contributed by atoms with Crippen LogP contribution in [0.25, 0.3) is 10.6 Å². The number of amides is 2. The molecule has 2 saturated heterocycles. The van der Waals surface area contributed by atoms with Gasteiger partial charge in [0.1, 0.15) is 10.7 Å². The van der Waals surface area contributed by atoms with Gasteiger partial charge in [-0.1, -0.05) is 30.3 Å². The van der Waals surface area contributed by atoms with Crippen molar-refractivity contribution in [2.24, 2.45) is 5.92 Å². The average Bonchev–Trinajstić information content (AvgIpc) is 3.45. The highest BCUT2D eigenvalue weighted by Crippen LogP contribution is 2.27. The average molecular weight is 470 g/mol. The molecule has 172 valence electrons. The van der Waals surface area contributed by atoms with Gasteiger partial charge in [0, 0.05) is 36.5 Å². The molecule has 0 aliphatic carbocycles. The minimum absolute atomic E-state index is 0.0487. The fourth-order valence-electron chi connectivity index (χ4n) is 4.05. The summed E-state index contributed by atoms with van der Waals surface area (Å²) in [7, 11) is 0. The van der Waals surface area contributed by atoms with E-state index in [1.54, 1.807) is 17.0 Å². The van der Waals surface area contributed by atoms with E-state index in [0.29, 0.717) is 44.3 Å². The van der Waals surface area contributed by atoms with E-state index in [1.165, 1.54) is 17.6 Å². The number of hydrogen-bond donors (Lipinski definition) is 1. The van der Waals surface area contributed by atoms with Gasteiger partial charge in [-0.3, -0.25) is 14.4 Å². The van der Waals surface area contributed by atoms with Gasteiger partial charge in [-0.25, -0.2) is 4.98 Å². The molecule has 2 fully saturated rings. The molecule has 33 heavy (non-hydrogen) atoms. The Balaban J connectivity index is 0.000000821. The molecule has 2 bridgehead atoms. The number of carbonyl (C=O) groups excluding carboxylic acids is 2. The molecule has 1 N–H and O–H groups in total. The first-order chi connectivity index (χ1) is 16.1.